The predicted octanol–water partition coefficient (Wildman–Crippen LogP) is 0.119. The third kappa shape index (κ3) is 9.20. The monoisotopic (exact) mass is 220 g/mol. The summed E-state index contributed by atoms with van der Waals surface area (Å²) in [5, 5.41) is 7.08. The van der Waals surface area contributed by atoms with Crippen molar-refractivity contribution in [2.75, 3.05) is 0 Å². The molecular formula is H2ClEuNO. The minimum atomic E-state index is 0. The number of halogens is 1. The quantitative estimate of drug-likeness (QED) is 0.448. The Morgan fingerprint density at radius 2 is 1.75 bits per heavy atom. The molecule has 0 aliphatic carbocycles. The van der Waals surface area contributed by atoms with Crippen LogP contribution in [0.2, 0.25) is 0 Å². The molecule has 0 aromatic carbocycles. The van der Waals surface area contributed by atoms with Gasteiger partial charge >= 0.3 is 0 Å². The van der Waals surface area contributed by atoms with Gasteiger partial charge in [0.1, 0.15) is 0 Å². The molecule has 0 aliphatic heterocycles. The molecular weight excluding hydrogens is 217 g/mol. The summed E-state index contributed by atoms with van der Waals surface area (Å²) in [7, 11) is 0. The number of nitrogens with one attached hydrogen (secondary N) is 1. The molecule has 2 N–H and O–H groups in total. The molecule has 0 atom stereocenters. The molecule has 0 saturated carbocycles. The zero-order chi connectivity index (χ0) is 2.71. The molecule has 0 amide bonds. The first kappa shape index (κ1) is 9.25. The molecule has 0 aromatic rings. The largest absolute Gasteiger partial charge is 0.301 e. The average Bonchev–Trinajstić information content (AvgIpc) is 0.918. The first-order valence-corrected chi connectivity index (χ1v) is 0.791. The van der Waals surface area contributed by atoms with E-state index in [0.717, 1.165) is 0 Å². The second kappa shape index (κ2) is 8.84. The smallest absolute Gasteiger partial charge is 0.00268 e. The van der Waals surface area contributed by atoms with Gasteiger partial charge in [0.05, 0.1) is 0 Å². The second-order valence-corrected chi connectivity index (χ2v) is 0.254. The molecule has 0 heterocycles. The van der Waals surface area contributed by atoms with Gasteiger partial charge < -0.3 is 5.21 Å². The van der Waals surface area contributed by atoms with E-state index in [9.17, 15) is 0 Å². The van der Waals surface area contributed by atoms with Gasteiger partial charge in [0.15, 0.2) is 0 Å². The summed E-state index contributed by atoms with van der Waals surface area (Å²) in [6.45, 7) is 0. The molecule has 0 fully saturated rings. The summed E-state index contributed by atoms with van der Waals surface area (Å²) in [6.07, 6.45) is 0. The van der Waals surface area contributed by atoms with Gasteiger partial charge in [0.25, 0.3) is 0 Å². The van der Waals surface area contributed by atoms with Crippen molar-refractivity contribution in [1.82, 2.24) is 5.00 Å². The molecule has 0 spiro atoms. The van der Waals surface area contributed by atoms with Crippen LogP contribution in [0.25, 0.3) is 0 Å². The Bertz CT molecular complexity index is 8.00. The van der Waals surface area contributed by atoms with Crippen LogP contribution in [0.5, 0.6) is 0 Å². The Kier molecular flexibility index (Phi) is 20.4. The fraction of sp³-hybridized carbons (Fsp3) is 0. The normalized spacial score (nSPS) is 4.50. The van der Waals surface area contributed by atoms with Gasteiger partial charge in [-0.3, -0.25) is 0 Å². The topological polar surface area (TPSA) is 32.3 Å². The molecule has 0 rings (SSSR count). The summed E-state index contributed by atoms with van der Waals surface area (Å²) < 4.78 is 0. The van der Waals surface area contributed by atoms with Crippen LogP contribution >= 0.6 is 11.8 Å². The molecule has 0 saturated heterocycles. The zero-order valence-electron chi connectivity index (χ0n) is 1.70. The molecule has 0 aromatic heterocycles. The SMILES string of the molecule is ONCl.[Eu]. The first-order chi connectivity index (χ1) is 1.41. The summed E-state index contributed by atoms with van der Waals surface area (Å²) in [6, 6.07) is 0. The minimum absolute atomic E-state index is 0. The summed E-state index contributed by atoms with van der Waals surface area (Å²) in [5.74, 6) is 0. The van der Waals surface area contributed by atoms with Crippen molar-refractivity contribution < 1.29 is 54.6 Å². The molecule has 0 unspecified atom stereocenters. The van der Waals surface area contributed by atoms with Gasteiger partial charge in [0, 0.05) is 61.2 Å². The fourth-order valence-electron chi connectivity index (χ4n) is 0. The Hall–Kier alpha value is 1.79. The van der Waals surface area contributed by atoms with Gasteiger partial charge in [-0.05, 0) is 0 Å². The van der Waals surface area contributed by atoms with Crippen LogP contribution in [0.1, 0.15) is 0 Å². The zero-order valence-corrected chi connectivity index (χ0v) is 4.88. The van der Waals surface area contributed by atoms with E-state index >= 15 is 0 Å². The van der Waals surface area contributed by atoms with E-state index in [0.29, 0.717) is 0 Å². The maximum Gasteiger partial charge on any atom is 0.00268 e. The molecule has 1 radical (unpaired) electrons. The average molecular weight is 219 g/mol. The Morgan fingerprint density at radius 1 is 1.75 bits per heavy atom. The van der Waals surface area contributed by atoms with Crippen molar-refractivity contribution in [2.24, 2.45) is 0 Å². The van der Waals surface area contributed by atoms with Crippen LogP contribution in [0, 0.1) is 49.4 Å². The standard InChI is InChI=1S/ClH2NO.Eu/c1-2-3;/h2-3H;. The molecule has 4 heavy (non-hydrogen) atoms. The first-order valence-electron chi connectivity index (χ1n) is 0.413. The van der Waals surface area contributed by atoms with Crippen molar-refractivity contribution in [3.8, 4) is 0 Å². The van der Waals surface area contributed by atoms with Crippen LogP contribution < -0.4 is 5.00 Å². The third-order valence-corrected chi connectivity index (χ3v) is 0. The molecule has 4 heteroatoms. The Morgan fingerprint density at radius 3 is 1.75 bits per heavy atom. The van der Waals surface area contributed by atoms with Crippen molar-refractivity contribution in [1.29, 1.82) is 0 Å². The van der Waals surface area contributed by atoms with Gasteiger partial charge in [-0.1, -0.05) is 0 Å². The van der Waals surface area contributed by atoms with E-state index in [1.54, 1.807) is 0 Å². The van der Waals surface area contributed by atoms with Crippen LogP contribution in [-0.4, -0.2) is 5.21 Å². The van der Waals surface area contributed by atoms with Crippen LogP contribution in [0.15, 0.2) is 0 Å². The van der Waals surface area contributed by atoms with Gasteiger partial charge in [-0.2, -0.15) is 0 Å². The summed E-state index contributed by atoms with van der Waals surface area (Å²) >= 11 is 4.30. The Balaban J connectivity index is 0. The fourth-order valence-corrected chi connectivity index (χ4v) is 0. The minimum Gasteiger partial charge on any atom is -0.301 e. The number of hydrogen-bond donors (Lipinski definition) is 2. The van der Waals surface area contributed by atoms with Crippen LogP contribution in [-0.2, 0) is 0 Å². The van der Waals surface area contributed by atoms with E-state index in [-0.39, 0.29) is 49.4 Å². The van der Waals surface area contributed by atoms with Gasteiger partial charge in [0.2, 0.25) is 0 Å². The van der Waals surface area contributed by atoms with Gasteiger partial charge in [-0.25, -0.2) is 0 Å². The Labute approximate surface area is 70.1 Å². The second-order valence-electron chi connectivity index (χ2n) is 0.0845. The summed E-state index contributed by atoms with van der Waals surface area (Å²) in [4.78, 5) is 1.22. The molecule has 0 bridgehead atoms. The predicted molar refractivity (Wildman–Crippen MR) is 10.8 cm³/mol. The summed E-state index contributed by atoms with van der Waals surface area (Å²) in [5.41, 5.74) is 0. The van der Waals surface area contributed by atoms with Crippen LogP contribution in [0.4, 0.5) is 0 Å². The van der Waals surface area contributed by atoms with E-state index in [1.807, 2.05) is 0 Å². The van der Waals surface area contributed by atoms with E-state index in [4.69, 9.17) is 5.21 Å². The number of hydrogen-bond acceptors (Lipinski definition) is 2. The number of rotatable bonds is 0. The van der Waals surface area contributed by atoms with Crippen molar-refractivity contribution in [2.45, 2.75) is 0 Å². The van der Waals surface area contributed by atoms with Crippen molar-refractivity contribution >= 4 is 11.8 Å². The maximum absolute atomic E-state index is 7.08. The van der Waals surface area contributed by atoms with Crippen molar-refractivity contribution in [3.05, 3.63) is 0 Å². The molecule has 2 nitrogen and oxygen atoms in total. The van der Waals surface area contributed by atoms with Crippen LogP contribution in [0.3, 0.4) is 0 Å². The van der Waals surface area contributed by atoms with Crippen molar-refractivity contribution in [3.63, 3.8) is 0 Å². The van der Waals surface area contributed by atoms with E-state index < -0.39 is 0 Å². The molecule has 0 aliphatic rings. The van der Waals surface area contributed by atoms with E-state index in [2.05, 4.69) is 11.8 Å². The maximum atomic E-state index is 7.08. The van der Waals surface area contributed by atoms with Gasteiger partial charge in [-0.15, -0.1) is 5.00 Å². The third-order valence-electron chi connectivity index (χ3n) is 0. The van der Waals surface area contributed by atoms with E-state index in [1.165, 1.54) is 5.00 Å². The molecule has 27 valence electrons.